The summed E-state index contributed by atoms with van der Waals surface area (Å²) in [7, 11) is 0. The number of carbonyl (C=O) groups is 1. The molecule has 1 aromatic rings. The first-order valence-corrected chi connectivity index (χ1v) is 7.54. The summed E-state index contributed by atoms with van der Waals surface area (Å²) in [6.07, 6.45) is 4.71. The van der Waals surface area contributed by atoms with E-state index in [2.05, 4.69) is 15.8 Å². The number of ether oxygens (including phenoxy) is 1. The molecule has 6 nitrogen and oxygen atoms in total. The molecule has 118 valence electrons. The molecule has 2 N–H and O–H groups in total. The van der Waals surface area contributed by atoms with Crippen molar-refractivity contribution in [2.75, 3.05) is 6.54 Å². The first kappa shape index (κ1) is 15.8. The first-order chi connectivity index (χ1) is 9.94. The lowest BCUT2D eigenvalue weighted by molar-refractivity contribution is 0.0517. The summed E-state index contributed by atoms with van der Waals surface area (Å²) in [5.74, 6) is 1.26. The predicted octanol–water partition coefficient (Wildman–Crippen LogP) is 2.46. The van der Waals surface area contributed by atoms with Gasteiger partial charge in [-0.15, -0.1) is 0 Å². The summed E-state index contributed by atoms with van der Waals surface area (Å²) in [5.41, 5.74) is -0.455. The molecule has 1 aliphatic rings. The highest BCUT2D eigenvalue weighted by Gasteiger charge is 2.28. The van der Waals surface area contributed by atoms with Gasteiger partial charge in [0.15, 0.2) is 0 Å². The average Bonchev–Trinajstić information content (AvgIpc) is 3.03. The molecule has 0 bridgehead atoms. The van der Waals surface area contributed by atoms with Crippen LogP contribution in [-0.2, 0) is 11.3 Å². The molecular weight excluding hydrogens is 270 g/mol. The van der Waals surface area contributed by atoms with Crippen molar-refractivity contribution in [3.63, 3.8) is 0 Å². The van der Waals surface area contributed by atoms with Crippen molar-refractivity contribution in [2.24, 2.45) is 5.92 Å². The smallest absolute Gasteiger partial charge is 0.407 e. The Bertz CT molecular complexity index is 440. The third-order valence-corrected chi connectivity index (χ3v) is 3.60. The second-order valence-electron chi connectivity index (χ2n) is 6.54. The Morgan fingerprint density at radius 3 is 2.95 bits per heavy atom. The lowest BCUT2D eigenvalue weighted by atomic mass is 10.0. The molecule has 1 saturated carbocycles. The monoisotopic (exact) mass is 295 g/mol. The molecule has 1 fully saturated rings. The van der Waals surface area contributed by atoms with E-state index >= 15 is 0 Å². The Morgan fingerprint density at radius 2 is 2.29 bits per heavy atom. The Labute approximate surface area is 125 Å². The van der Waals surface area contributed by atoms with Gasteiger partial charge >= 0.3 is 6.09 Å². The van der Waals surface area contributed by atoms with Crippen LogP contribution < -0.4 is 10.6 Å². The Kier molecular flexibility index (Phi) is 5.22. The third kappa shape index (κ3) is 5.38. The van der Waals surface area contributed by atoms with Crippen LogP contribution in [0.2, 0.25) is 0 Å². The van der Waals surface area contributed by atoms with Crippen molar-refractivity contribution >= 4 is 6.09 Å². The van der Waals surface area contributed by atoms with Crippen LogP contribution in [0.1, 0.15) is 45.8 Å². The highest BCUT2D eigenvalue weighted by molar-refractivity contribution is 5.67. The molecule has 0 spiro atoms. The molecule has 1 heterocycles. The van der Waals surface area contributed by atoms with Gasteiger partial charge in [0.2, 0.25) is 0 Å². The maximum atomic E-state index is 11.7. The van der Waals surface area contributed by atoms with Crippen LogP contribution in [0.5, 0.6) is 0 Å². The Balaban J connectivity index is 1.73. The van der Waals surface area contributed by atoms with Gasteiger partial charge in [0.1, 0.15) is 11.4 Å². The van der Waals surface area contributed by atoms with E-state index < -0.39 is 5.60 Å². The molecular formula is C15H25N3O3. The number of carbonyl (C=O) groups excluding carboxylic acids is 1. The minimum Gasteiger partial charge on any atom is -0.444 e. The van der Waals surface area contributed by atoms with Gasteiger partial charge in [0, 0.05) is 18.7 Å². The van der Waals surface area contributed by atoms with Gasteiger partial charge in [-0.2, -0.15) is 0 Å². The van der Waals surface area contributed by atoms with Crippen LogP contribution in [0.4, 0.5) is 4.79 Å². The van der Waals surface area contributed by atoms with Gasteiger partial charge in [0.25, 0.3) is 0 Å². The van der Waals surface area contributed by atoms with E-state index in [0.29, 0.717) is 25.0 Å². The van der Waals surface area contributed by atoms with E-state index in [1.54, 1.807) is 6.20 Å². The molecule has 6 heteroatoms. The zero-order chi connectivity index (χ0) is 15.3. The van der Waals surface area contributed by atoms with Gasteiger partial charge in [-0.25, -0.2) is 4.79 Å². The van der Waals surface area contributed by atoms with Crippen LogP contribution in [0.25, 0.3) is 0 Å². The van der Waals surface area contributed by atoms with Crippen LogP contribution in [0, 0.1) is 5.92 Å². The first-order valence-electron chi connectivity index (χ1n) is 7.54. The molecule has 1 aromatic heterocycles. The average molecular weight is 295 g/mol. The molecule has 1 aliphatic carbocycles. The van der Waals surface area contributed by atoms with Crippen molar-refractivity contribution in [1.82, 2.24) is 15.8 Å². The SMILES string of the molecule is CC(C)(C)OC(=O)NCC1CCCC1NCc1ccno1. The highest BCUT2D eigenvalue weighted by Crippen LogP contribution is 2.25. The van der Waals surface area contributed by atoms with Gasteiger partial charge in [0.05, 0.1) is 12.7 Å². The Morgan fingerprint density at radius 1 is 1.48 bits per heavy atom. The predicted molar refractivity (Wildman–Crippen MR) is 78.7 cm³/mol. The zero-order valence-corrected chi connectivity index (χ0v) is 13.0. The van der Waals surface area contributed by atoms with Crippen LogP contribution >= 0.6 is 0 Å². The van der Waals surface area contributed by atoms with Crippen LogP contribution in [-0.4, -0.2) is 29.4 Å². The fourth-order valence-corrected chi connectivity index (χ4v) is 2.64. The molecule has 1 amide bonds. The topological polar surface area (TPSA) is 76.4 Å². The summed E-state index contributed by atoms with van der Waals surface area (Å²) in [4.78, 5) is 11.7. The number of rotatable bonds is 5. The van der Waals surface area contributed by atoms with Gasteiger partial charge in [-0.1, -0.05) is 11.6 Å². The minimum absolute atomic E-state index is 0.344. The number of amides is 1. The molecule has 2 rings (SSSR count). The van der Waals surface area contributed by atoms with Gasteiger partial charge in [-0.3, -0.25) is 0 Å². The van der Waals surface area contributed by atoms with Crippen molar-refractivity contribution in [2.45, 2.75) is 58.2 Å². The van der Waals surface area contributed by atoms with Crippen LogP contribution in [0.3, 0.4) is 0 Å². The Hall–Kier alpha value is -1.56. The summed E-state index contributed by atoms with van der Waals surface area (Å²) in [6, 6.07) is 2.25. The molecule has 21 heavy (non-hydrogen) atoms. The standard InChI is InChI=1S/C15H25N3O3/c1-15(2,3)20-14(19)17-9-11-5-4-6-13(11)16-10-12-7-8-18-21-12/h7-8,11,13,16H,4-6,9-10H2,1-3H3,(H,17,19). The van der Waals surface area contributed by atoms with Crippen molar-refractivity contribution in [3.05, 3.63) is 18.0 Å². The number of hydrogen-bond acceptors (Lipinski definition) is 5. The second-order valence-corrected chi connectivity index (χ2v) is 6.54. The van der Waals surface area contributed by atoms with E-state index in [0.717, 1.165) is 18.6 Å². The van der Waals surface area contributed by atoms with Crippen molar-refractivity contribution < 1.29 is 14.1 Å². The lowest BCUT2D eigenvalue weighted by Crippen LogP contribution is -2.40. The summed E-state index contributed by atoms with van der Waals surface area (Å²) >= 11 is 0. The maximum Gasteiger partial charge on any atom is 0.407 e. The van der Waals surface area contributed by atoms with Crippen molar-refractivity contribution in [3.8, 4) is 0 Å². The lowest BCUT2D eigenvalue weighted by Gasteiger charge is -2.23. The number of aromatic nitrogens is 1. The molecule has 2 unspecified atom stereocenters. The van der Waals surface area contributed by atoms with Gasteiger partial charge in [-0.05, 0) is 39.5 Å². The normalized spacial score (nSPS) is 22.2. The maximum absolute atomic E-state index is 11.7. The van der Waals surface area contributed by atoms with Crippen LogP contribution in [0.15, 0.2) is 16.8 Å². The van der Waals surface area contributed by atoms with Crippen molar-refractivity contribution in [1.29, 1.82) is 0 Å². The quantitative estimate of drug-likeness (QED) is 0.872. The number of alkyl carbamates (subject to hydrolysis) is 1. The molecule has 0 aromatic carbocycles. The third-order valence-electron chi connectivity index (χ3n) is 3.60. The second kappa shape index (κ2) is 6.93. The summed E-state index contributed by atoms with van der Waals surface area (Å²) in [5, 5.41) is 10.0. The molecule has 2 atom stereocenters. The minimum atomic E-state index is -0.455. The van der Waals surface area contributed by atoms with E-state index in [4.69, 9.17) is 9.26 Å². The fourth-order valence-electron chi connectivity index (χ4n) is 2.64. The van der Waals surface area contributed by atoms with E-state index in [9.17, 15) is 4.79 Å². The molecule has 0 saturated heterocycles. The van der Waals surface area contributed by atoms with E-state index in [1.807, 2.05) is 26.8 Å². The number of nitrogens with one attached hydrogen (secondary N) is 2. The van der Waals surface area contributed by atoms with E-state index in [-0.39, 0.29) is 6.09 Å². The number of hydrogen-bond donors (Lipinski definition) is 2. The summed E-state index contributed by atoms with van der Waals surface area (Å²) < 4.78 is 10.3. The zero-order valence-electron chi connectivity index (χ0n) is 13.0. The van der Waals surface area contributed by atoms with E-state index in [1.165, 1.54) is 6.42 Å². The molecule has 0 aliphatic heterocycles. The summed E-state index contributed by atoms with van der Waals surface area (Å²) in [6.45, 7) is 6.91. The van der Waals surface area contributed by atoms with Gasteiger partial charge < -0.3 is 19.9 Å². The number of nitrogens with zero attached hydrogens (tertiary/aromatic N) is 1. The molecule has 0 radical (unpaired) electrons. The highest BCUT2D eigenvalue weighted by atomic mass is 16.6. The fraction of sp³-hybridized carbons (Fsp3) is 0.733. The largest absolute Gasteiger partial charge is 0.444 e.